The number of hydrogen-bond acceptors (Lipinski definition) is 4. The summed E-state index contributed by atoms with van der Waals surface area (Å²) < 4.78 is 5.03. The standard InChI is InChI=1S/C8H19N3O/c1-6(9-4)10-7(2)11-8(3)12-5/h7-11H,1H2,2-5H3. The van der Waals surface area contributed by atoms with Crippen molar-refractivity contribution in [3.05, 3.63) is 12.4 Å². The Morgan fingerprint density at radius 2 is 2.00 bits per heavy atom. The molecule has 0 aromatic rings. The Morgan fingerprint density at radius 1 is 1.42 bits per heavy atom. The van der Waals surface area contributed by atoms with Gasteiger partial charge < -0.3 is 15.4 Å². The molecule has 3 N–H and O–H groups in total. The third-order valence-corrected chi connectivity index (χ3v) is 1.53. The minimum absolute atomic E-state index is 0.0390. The topological polar surface area (TPSA) is 45.3 Å². The fourth-order valence-corrected chi connectivity index (χ4v) is 0.795. The van der Waals surface area contributed by atoms with Crippen molar-refractivity contribution in [2.45, 2.75) is 26.2 Å². The van der Waals surface area contributed by atoms with E-state index in [1.807, 2.05) is 20.9 Å². The van der Waals surface area contributed by atoms with E-state index in [-0.39, 0.29) is 12.4 Å². The fourth-order valence-electron chi connectivity index (χ4n) is 0.795. The second-order valence-electron chi connectivity index (χ2n) is 2.64. The predicted octanol–water partition coefficient (Wildman–Crippen LogP) is 0.195. The molecule has 0 aliphatic rings. The number of methoxy groups -OCH3 is 1. The monoisotopic (exact) mass is 173 g/mol. The molecule has 0 aromatic heterocycles. The molecule has 0 aromatic carbocycles. The summed E-state index contributed by atoms with van der Waals surface area (Å²) in [4.78, 5) is 0. The van der Waals surface area contributed by atoms with Gasteiger partial charge in [0, 0.05) is 14.2 Å². The van der Waals surface area contributed by atoms with Crippen LogP contribution in [0.2, 0.25) is 0 Å². The normalized spacial score (nSPS) is 15.0. The highest BCUT2D eigenvalue weighted by molar-refractivity contribution is 4.87. The molecule has 0 fully saturated rings. The van der Waals surface area contributed by atoms with Crippen molar-refractivity contribution in [3.63, 3.8) is 0 Å². The minimum Gasteiger partial charge on any atom is -0.375 e. The summed E-state index contributed by atoms with van der Waals surface area (Å²) in [5.41, 5.74) is 0. The van der Waals surface area contributed by atoms with E-state index in [4.69, 9.17) is 4.74 Å². The Labute approximate surface area is 74.4 Å². The second kappa shape index (κ2) is 5.85. The predicted molar refractivity (Wildman–Crippen MR) is 50.4 cm³/mol. The summed E-state index contributed by atoms with van der Waals surface area (Å²) in [5, 5.41) is 9.16. The molecule has 0 saturated carbocycles. The quantitative estimate of drug-likeness (QED) is 0.502. The Hall–Kier alpha value is -0.740. The van der Waals surface area contributed by atoms with Crippen LogP contribution in [-0.4, -0.2) is 26.6 Å². The molecule has 0 rings (SSSR count). The van der Waals surface area contributed by atoms with E-state index in [0.717, 1.165) is 5.82 Å². The van der Waals surface area contributed by atoms with Crippen molar-refractivity contribution in [2.75, 3.05) is 14.2 Å². The first-order chi connectivity index (χ1) is 5.60. The van der Waals surface area contributed by atoms with Crippen LogP contribution >= 0.6 is 0 Å². The molecular weight excluding hydrogens is 154 g/mol. The summed E-state index contributed by atoms with van der Waals surface area (Å²) in [6, 6.07) is 0. The van der Waals surface area contributed by atoms with Crippen molar-refractivity contribution in [1.29, 1.82) is 0 Å². The Bertz CT molecular complexity index is 138. The lowest BCUT2D eigenvalue weighted by Gasteiger charge is -2.21. The van der Waals surface area contributed by atoms with Gasteiger partial charge in [0.2, 0.25) is 0 Å². The lowest BCUT2D eigenvalue weighted by Crippen LogP contribution is -2.46. The Kier molecular flexibility index (Phi) is 5.49. The molecule has 4 heteroatoms. The minimum atomic E-state index is 0.0390. The van der Waals surface area contributed by atoms with Crippen LogP contribution in [0.3, 0.4) is 0 Å². The maximum atomic E-state index is 5.03. The maximum Gasteiger partial charge on any atom is 0.106 e. The summed E-state index contributed by atoms with van der Waals surface area (Å²) >= 11 is 0. The van der Waals surface area contributed by atoms with E-state index in [1.54, 1.807) is 7.11 Å². The fraction of sp³-hybridized carbons (Fsp3) is 0.750. The molecule has 0 heterocycles. The highest BCUT2D eigenvalue weighted by Gasteiger charge is 2.04. The highest BCUT2D eigenvalue weighted by atomic mass is 16.5. The van der Waals surface area contributed by atoms with E-state index in [9.17, 15) is 0 Å². The average Bonchev–Trinajstić information content (AvgIpc) is 2.03. The zero-order valence-corrected chi connectivity index (χ0v) is 8.27. The number of nitrogens with one attached hydrogen (secondary N) is 3. The van der Waals surface area contributed by atoms with Crippen molar-refractivity contribution >= 4 is 0 Å². The van der Waals surface area contributed by atoms with Crippen LogP contribution in [0.4, 0.5) is 0 Å². The van der Waals surface area contributed by atoms with Gasteiger partial charge in [-0.2, -0.15) is 0 Å². The average molecular weight is 173 g/mol. The summed E-state index contributed by atoms with van der Waals surface area (Å²) in [6.07, 6.45) is 0.178. The molecule has 12 heavy (non-hydrogen) atoms. The summed E-state index contributed by atoms with van der Waals surface area (Å²) in [7, 11) is 3.49. The first-order valence-corrected chi connectivity index (χ1v) is 4.02. The van der Waals surface area contributed by atoms with Gasteiger partial charge in [0.05, 0.1) is 12.0 Å². The van der Waals surface area contributed by atoms with Gasteiger partial charge in [-0.05, 0) is 13.8 Å². The van der Waals surface area contributed by atoms with Gasteiger partial charge in [0.15, 0.2) is 0 Å². The SMILES string of the molecule is C=C(NC)NC(C)NC(C)OC. The third kappa shape index (κ3) is 4.98. The van der Waals surface area contributed by atoms with Gasteiger partial charge in [-0.3, -0.25) is 5.32 Å². The largest absolute Gasteiger partial charge is 0.375 e. The van der Waals surface area contributed by atoms with Crippen molar-refractivity contribution in [2.24, 2.45) is 0 Å². The summed E-state index contributed by atoms with van der Waals surface area (Å²) in [5.74, 6) is 0.790. The zero-order chi connectivity index (χ0) is 9.56. The van der Waals surface area contributed by atoms with Gasteiger partial charge in [0.25, 0.3) is 0 Å². The van der Waals surface area contributed by atoms with Crippen LogP contribution in [0, 0.1) is 0 Å². The van der Waals surface area contributed by atoms with Crippen LogP contribution in [0.25, 0.3) is 0 Å². The molecular formula is C8H19N3O. The second-order valence-corrected chi connectivity index (χ2v) is 2.64. The molecule has 0 spiro atoms. The van der Waals surface area contributed by atoms with E-state index in [1.165, 1.54) is 0 Å². The van der Waals surface area contributed by atoms with Crippen LogP contribution < -0.4 is 16.0 Å². The molecule has 72 valence electrons. The molecule has 4 nitrogen and oxygen atoms in total. The lowest BCUT2D eigenvalue weighted by molar-refractivity contribution is 0.0771. The van der Waals surface area contributed by atoms with Crippen molar-refractivity contribution in [3.8, 4) is 0 Å². The van der Waals surface area contributed by atoms with Crippen LogP contribution in [0.15, 0.2) is 12.4 Å². The van der Waals surface area contributed by atoms with Gasteiger partial charge in [-0.15, -0.1) is 0 Å². The van der Waals surface area contributed by atoms with Gasteiger partial charge in [-0.25, -0.2) is 0 Å². The van der Waals surface area contributed by atoms with Crippen LogP contribution in [0.5, 0.6) is 0 Å². The first-order valence-electron chi connectivity index (χ1n) is 4.02. The van der Waals surface area contributed by atoms with Crippen molar-refractivity contribution < 1.29 is 4.74 Å². The third-order valence-electron chi connectivity index (χ3n) is 1.53. The highest BCUT2D eigenvalue weighted by Crippen LogP contribution is 1.86. The Morgan fingerprint density at radius 3 is 2.42 bits per heavy atom. The zero-order valence-electron chi connectivity index (χ0n) is 8.27. The smallest absolute Gasteiger partial charge is 0.106 e. The van der Waals surface area contributed by atoms with Crippen LogP contribution in [-0.2, 0) is 4.74 Å². The molecule has 0 radical (unpaired) electrons. The maximum absolute atomic E-state index is 5.03. The number of rotatable bonds is 6. The van der Waals surface area contributed by atoms with Gasteiger partial charge in [-0.1, -0.05) is 6.58 Å². The summed E-state index contributed by atoms with van der Waals surface area (Å²) in [6.45, 7) is 7.69. The van der Waals surface area contributed by atoms with Crippen molar-refractivity contribution in [1.82, 2.24) is 16.0 Å². The molecule has 0 aliphatic heterocycles. The molecule has 0 aliphatic carbocycles. The van der Waals surface area contributed by atoms with E-state index in [0.29, 0.717) is 0 Å². The molecule has 0 saturated heterocycles. The van der Waals surface area contributed by atoms with E-state index >= 15 is 0 Å². The van der Waals surface area contributed by atoms with Gasteiger partial charge in [0.1, 0.15) is 6.23 Å². The molecule has 2 unspecified atom stereocenters. The molecule has 0 amide bonds. The number of hydrogen-bond donors (Lipinski definition) is 3. The van der Waals surface area contributed by atoms with Crippen LogP contribution in [0.1, 0.15) is 13.8 Å². The lowest BCUT2D eigenvalue weighted by atomic mass is 10.5. The Balaban J connectivity index is 3.58. The first kappa shape index (κ1) is 11.3. The molecule has 2 atom stereocenters. The van der Waals surface area contributed by atoms with Gasteiger partial charge >= 0.3 is 0 Å². The van der Waals surface area contributed by atoms with E-state index in [2.05, 4.69) is 22.5 Å². The molecule has 0 bridgehead atoms. The van der Waals surface area contributed by atoms with E-state index < -0.39 is 0 Å². The number of ether oxygens (including phenoxy) is 1.